The summed E-state index contributed by atoms with van der Waals surface area (Å²) in [7, 11) is 0. The minimum absolute atomic E-state index is 0.501. The van der Waals surface area contributed by atoms with Gasteiger partial charge in [0.2, 0.25) is 0 Å². The van der Waals surface area contributed by atoms with Gasteiger partial charge in [-0.1, -0.05) is 140 Å². The third-order valence-corrected chi connectivity index (χ3v) is 10.6. The maximum atomic E-state index is 6.49. The second kappa shape index (κ2) is 12.2. The molecule has 5 heteroatoms. The number of amidine groups is 2. The Bertz CT molecular complexity index is 3130. The van der Waals surface area contributed by atoms with Crippen LogP contribution in [0, 0.1) is 0 Å². The molecule has 1 unspecified atom stereocenters. The van der Waals surface area contributed by atoms with Gasteiger partial charge in [-0.25, -0.2) is 9.98 Å². The van der Waals surface area contributed by atoms with Gasteiger partial charge >= 0.3 is 0 Å². The third kappa shape index (κ3) is 5.01. The lowest BCUT2D eigenvalue weighted by atomic mass is 9.92. The lowest BCUT2D eigenvalue weighted by Crippen LogP contribution is -2.34. The summed E-state index contributed by atoms with van der Waals surface area (Å²) < 4.78 is 12.9. The molecule has 0 amide bonds. The molecule has 5 nitrogen and oxygen atoms in total. The van der Waals surface area contributed by atoms with Crippen molar-refractivity contribution in [3.05, 3.63) is 193 Å². The van der Waals surface area contributed by atoms with Crippen molar-refractivity contribution >= 4 is 66.3 Å². The van der Waals surface area contributed by atoms with Gasteiger partial charge in [0.1, 0.15) is 34.3 Å². The highest BCUT2D eigenvalue weighted by Crippen LogP contribution is 2.43. The highest BCUT2D eigenvalue weighted by atomic mass is 16.3. The fourth-order valence-electron chi connectivity index (χ4n) is 7.93. The molecule has 1 atom stereocenters. The molecule has 2 aromatic heterocycles. The van der Waals surface area contributed by atoms with Crippen LogP contribution in [0.25, 0.3) is 76.9 Å². The molecule has 0 bridgehead atoms. The van der Waals surface area contributed by atoms with E-state index in [4.69, 9.17) is 18.8 Å². The van der Waals surface area contributed by atoms with Gasteiger partial charge in [0, 0.05) is 38.2 Å². The Morgan fingerprint density at radius 2 is 1.06 bits per heavy atom. The van der Waals surface area contributed by atoms with E-state index in [0.717, 1.165) is 88.5 Å². The van der Waals surface area contributed by atoms with Crippen LogP contribution in [0.2, 0.25) is 0 Å². The van der Waals surface area contributed by atoms with Crippen LogP contribution in [-0.2, 0) is 0 Å². The smallest absolute Gasteiger partial charge is 0.159 e. The van der Waals surface area contributed by atoms with Crippen molar-refractivity contribution in [3.8, 4) is 22.3 Å². The minimum atomic E-state index is -0.501. The first-order valence-electron chi connectivity index (χ1n) is 18.2. The van der Waals surface area contributed by atoms with Gasteiger partial charge in [0.05, 0.1) is 0 Å². The van der Waals surface area contributed by atoms with Crippen LogP contribution in [0.15, 0.2) is 195 Å². The standard InChI is InChI=1S/C49H31N3O2/c1-2-10-30(11-3-1)32-18-21-33(22-19-32)47-50-48(36-23-20-31-12-4-5-13-34(31)28-36)52-49(51-47)46-37(26-27-43-45(46)40-15-7-9-17-42(40)53-43)35-24-25-39-38-14-6-8-16-41(38)54-44(39)29-35/h1-29,49H,(H,50,51,52). The van der Waals surface area contributed by atoms with Gasteiger partial charge in [0.25, 0.3) is 0 Å². The molecular weight excluding hydrogens is 663 g/mol. The van der Waals surface area contributed by atoms with Crippen LogP contribution in [0.3, 0.4) is 0 Å². The van der Waals surface area contributed by atoms with Gasteiger partial charge in [-0.2, -0.15) is 0 Å². The minimum Gasteiger partial charge on any atom is -0.456 e. The fraction of sp³-hybridized carbons (Fsp3) is 0.0204. The van der Waals surface area contributed by atoms with Crippen LogP contribution in [-0.4, -0.2) is 11.7 Å². The second-order valence-electron chi connectivity index (χ2n) is 13.8. The summed E-state index contributed by atoms with van der Waals surface area (Å²) in [5.74, 6) is 1.41. The average Bonchev–Trinajstić information content (AvgIpc) is 3.81. The number of nitrogens with one attached hydrogen (secondary N) is 1. The average molecular weight is 694 g/mol. The van der Waals surface area contributed by atoms with Crippen molar-refractivity contribution in [2.45, 2.75) is 6.17 Å². The van der Waals surface area contributed by atoms with Gasteiger partial charge in [-0.15, -0.1) is 0 Å². The Morgan fingerprint density at radius 3 is 1.91 bits per heavy atom. The Hall–Kier alpha value is -7.24. The van der Waals surface area contributed by atoms with Gasteiger partial charge < -0.3 is 14.2 Å². The number of hydrogen-bond acceptors (Lipinski definition) is 5. The molecular formula is C49H31N3O2. The molecule has 54 heavy (non-hydrogen) atoms. The third-order valence-electron chi connectivity index (χ3n) is 10.6. The summed E-state index contributed by atoms with van der Waals surface area (Å²) in [6, 6.07) is 61.0. The second-order valence-corrected chi connectivity index (χ2v) is 13.8. The SMILES string of the molecule is c1ccc(-c2ccc(C3=NC(c4ccc5ccccc5c4)=NC(c4c(-c5ccc6c(c5)oc5ccccc56)ccc5oc6ccccc6c45)N3)cc2)cc1. The predicted molar refractivity (Wildman–Crippen MR) is 221 cm³/mol. The summed E-state index contributed by atoms with van der Waals surface area (Å²) in [6.07, 6.45) is -0.501. The summed E-state index contributed by atoms with van der Waals surface area (Å²) in [4.78, 5) is 10.7. The number of benzene rings is 8. The Balaban J connectivity index is 1.13. The zero-order valence-electron chi connectivity index (χ0n) is 29.0. The molecule has 0 aliphatic carbocycles. The lowest BCUT2D eigenvalue weighted by Gasteiger charge is -2.26. The molecule has 0 saturated carbocycles. The van der Waals surface area contributed by atoms with Crippen LogP contribution < -0.4 is 5.32 Å². The summed E-state index contributed by atoms with van der Waals surface area (Å²) in [6.45, 7) is 0. The molecule has 1 N–H and O–H groups in total. The summed E-state index contributed by atoms with van der Waals surface area (Å²) in [5, 5.41) is 10.4. The van der Waals surface area contributed by atoms with Gasteiger partial charge in [-0.05, 0) is 69.4 Å². The number of hydrogen-bond donors (Lipinski definition) is 1. The predicted octanol–water partition coefficient (Wildman–Crippen LogP) is 12.5. The van der Waals surface area contributed by atoms with E-state index in [0.29, 0.717) is 5.84 Å². The van der Waals surface area contributed by atoms with Gasteiger partial charge in [0.15, 0.2) is 5.84 Å². The number of rotatable bonds is 5. The maximum Gasteiger partial charge on any atom is 0.159 e. The van der Waals surface area contributed by atoms with Crippen LogP contribution in [0.5, 0.6) is 0 Å². The molecule has 10 aromatic rings. The van der Waals surface area contributed by atoms with E-state index < -0.39 is 6.17 Å². The largest absolute Gasteiger partial charge is 0.456 e. The monoisotopic (exact) mass is 693 g/mol. The Labute approximate surface area is 310 Å². The van der Waals surface area contributed by atoms with Crippen LogP contribution in [0.1, 0.15) is 22.9 Å². The molecule has 3 heterocycles. The number of furan rings is 2. The van der Waals surface area contributed by atoms with Crippen molar-refractivity contribution in [3.63, 3.8) is 0 Å². The van der Waals surface area contributed by atoms with Crippen LogP contribution >= 0.6 is 0 Å². The lowest BCUT2D eigenvalue weighted by molar-refractivity contribution is 0.662. The maximum absolute atomic E-state index is 6.49. The van der Waals surface area contributed by atoms with E-state index in [9.17, 15) is 0 Å². The van der Waals surface area contributed by atoms with E-state index in [-0.39, 0.29) is 0 Å². The quantitative estimate of drug-likeness (QED) is 0.195. The fourth-order valence-corrected chi connectivity index (χ4v) is 7.93. The van der Waals surface area contributed by atoms with E-state index in [1.54, 1.807) is 0 Å². The molecule has 0 fully saturated rings. The Morgan fingerprint density at radius 1 is 0.426 bits per heavy atom. The molecule has 0 radical (unpaired) electrons. The van der Waals surface area contributed by atoms with Crippen molar-refractivity contribution in [1.29, 1.82) is 0 Å². The Kier molecular flexibility index (Phi) is 6.85. The first-order chi connectivity index (χ1) is 26.7. The van der Waals surface area contributed by atoms with E-state index in [1.165, 1.54) is 10.9 Å². The highest BCUT2D eigenvalue weighted by Gasteiger charge is 2.28. The zero-order valence-corrected chi connectivity index (χ0v) is 29.0. The van der Waals surface area contributed by atoms with Crippen molar-refractivity contribution < 1.29 is 8.83 Å². The van der Waals surface area contributed by atoms with Gasteiger partial charge in [-0.3, -0.25) is 0 Å². The van der Waals surface area contributed by atoms with Crippen LogP contribution in [0.4, 0.5) is 0 Å². The van der Waals surface area contributed by atoms with E-state index in [2.05, 4.69) is 151 Å². The molecule has 1 aliphatic rings. The molecule has 0 spiro atoms. The van der Waals surface area contributed by atoms with E-state index in [1.807, 2.05) is 30.3 Å². The molecule has 254 valence electrons. The number of aliphatic imine (C=N–C) groups is 2. The first kappa shape index (κ1) is 30.4. The zero-order chi connectivity index (χ0) is 35.6. The summed E-state index contributed by atoms with van der Waals surface area (Å²) in [5.41, 5.74) is 10.7. The summed E-state index contributed by atoms with van der Waals surface area (Å²) >= 11 is 0. The highest BCUT2D eigenvalue weighted by molar-refractivity contribution is 6.15. The molecule has 11 rings (SSSR count). The molecule has 1 aliphatic heterocycles. The topological polar surface area (TPSA) is 63.0 Å². The first-order valence-corrected chi connectivity index (χ1v) is 18.2. The molecule has 8 aromatic carbocycles. The van der Waals surface area contributed by atoms with Crippen molar-refractivity contribution in [2.75, 3.05) is 0 Å². The number of nitrogens with zero attached hydrogens (tertiary/aromatic N) is 2. The van der Waals surface area contributed by atoms with E-state index >= 15 is 0 Å². The van der Waals surface area contributed by atoms with Crippen molar-refractivity contribution in [2.24, 2.45) is 9.98 Å². The number of para-hydroxylation sites is 2. The normalized spacial score (nSPS) is 14.5. The van der Waals surface area contributed by atoms with Crippen molar-refractivity contribution in [1.82, 2.24) is 5.32 Å². The number of fused-ring (bicyclic) bond motifs is 7. The molecule has 0 saturated heterocycles.